The summed E-state index contributed by atoms with van der Waals surface area (Å²) >= 11 is 3.39. The van der Waals surface area contributed by atoms with Crippen LogP contribution in [0.2, 0.25) is 0 Å². The molecule has 29 heavy (non-hydrogen) atoms. The van der Waals surface area contributed by atoms with Crippen LogP contribution in [-0.4, -0.2) is 18.1 Å². The van der Waals surface area contributed by atoms with Gasteiger partial charge in [-0.15, -0.1) is 0 Å². The topological polar surface area (TPSA) is 67.8 Å². The zero-order valence-corrected chi connectivity index (χ0v) is 17.3. The highest BCUT2D eigenvalue weighted by Crippen LogP contribution is 2.23. The molecular formula is C23H19BrN2O3. The standard InChI is InChI=1S/C23H19BrN2O3/c1-16-7-5-6-10-20(16)23(28)29-21-12-11-19(24)14-18(21)15-25-26-22(27)13-17-8-3-2-4-9-17/h2-12,14-15H,13H2,1H3,(H,26,27)/b25-15-. The molecule has 0 saturated carbocycles. The number of esters is 1. The number of hydrogen-bond acceptors (Lipinski definition) is 4. The molecule has 146 valence electrons. The Hall–Kier alpha value is -3.25. The Morgan fingerprint density at radius 3 is 2.52 bits per heavy atom. The lowest BCUT2D eigenvalue weighted by Crippen LogP contribution is -2.19. The van der Waals surface area contributed by atoms with Gasteiger partial charge in [0.15, 0.2) is 0 Å². The maximum absolute atomic E-state index is 12.5. The van der Waals surface area contributed by atoms with Crippen LogP contribution in [0.15, 0.2) is 82.4 Å². The third-order valence-corrected chi connectivity index (χ3v) is 4.63. The molecule has 1 amide bonds. The van der Waals surface area contributed by atoms with Gasteiger partial charge in [-0.2, -0.15) is 5.10 Å². The van der Waals surface area contributed by atoms with E-state index in [0.29, 0.717) is 16.9 Å². The molecule has 0 radical (unpaired) electrons. The maximum atomic E-state index is 12.5. The number of rotatable bonds is 6. The van der Waals surface area contributed by atoms with Gasteiger partial charge < -0.3 is 4.74 Å². The summed E-state index contributed by atoms with van der Waals surface area (Å²) in [5, 5.41) is 4.00. The van der Waals surface area contributed by atoms with Crippen LogP contribution in [0.5, 0.6) is 5.75 Å². The summed E-state index contributed by atoms with van der Waals surface area (Å²) in [7, 11) is 0. The molecule has 6 heteroatoms. The second kappa shape index (κ2) is 9.80. The summed E-state index contributed by atoms with van der Waals surface area (Å²) in [5.74, 6) is -0.336. The van der Waals surface area contributed by atoms with Crippen LogP contribution in [0, 0.1) is 6.92 Å². The van der Waals surface area contributed by atoms with E-state index in [-0.39, 0.29) is 12.3 Å². The van der Waals surface area contributed by atoms with E-state index in [4.69, 9.17) is 4.74 Å². The van der Waals surface area contributed by atoms with Crippen molar-refractivity contribution in [3.63, 3.8) is 0 Å². The van der Waals surface area contributed by atoms with Crippen molar-refractivity contribution in [2.75, 3.05) is 0 Å². The monoisotopic (exact) mass is 450 g/mol. The lowest BCUT2D eigenvalue weighted by Gasteiger charge is -2.09. The fourth-order valence-electron chi connectivity index (χ4n) is 2.66. The molecule has 0 atom stereocenters. The van der Waals surface area contributed by atoms with E-state index < -0.39 is 5.97 Å². The zero-order valence-electron chi connectivity index (χ0n) is 15.8. The summed E-state index contributed by atoms with van der Waals surface area (Å²) in [4.78, 5) is 24.5. The molecular weight excluding hydrogens is 432 g/mol. The largest absolute Gasteiger partial charge is 0.422 e. The smallest absolute Gasteiger partial charge is 0.343 e. The SMILES string of the molecule is Cc1ccccc1C(=O)Oc1ccc(Br)cc1/C=N\NC(=O)Cc1ccccc1. The van der Waals surface area contributed by atoms with E-state index in [1.165, 1.54) is 6.21 Å². The summed E-state index contributed by atoms with van der Waals surface area (Å²) in [6.07, 6.45) is 1.68. The number of ether oxygens (including phenoxy) is 1. The minimum absolute atomic E-state index is 0.228. The van der Waals surface area contributed by atoms with E-state index in [0.717, 1.165) is 15.6 Å². The van der Waals surface area contributed by atoms with Gasteiger partial charge in [0, 0.05) is 10.0 Å². The van der Waals surface area contributed by atoms with E-state index in [9.17, 15) is 9.59 Å². The molecule has 0 spiro atoms. The molecule has 0 aromatic heterocycles. The Morgan fingerprint density at radius 2 is 1.76 bits per heavy atom. The quantitative estimate of drug-likeness (QED) is 0.256. The second-order valence-corrected chi connectivity index (χ2v) is 7.26. The molecule has 1 N–H and O–H groups in total. The lowest BCUT2D eigenvalue weighted by molar-refractivity contribution is -0.120. The average molecular weight is 451 g/mol. The van der Waals surface area contributed by atoms with Crippen molar-refractivity contribution < 1.29 is 14.3 Å². The van der Waals surface area contributed by atoms with Gasteiger partial charge >= 0.3 is 5.97 Å². The summed E-state index contributed by atoms with van der Waals surface area (Å²) in [6.45, 7) is 1.85. The average Bonchev–Trinajstić information content (AvgIpc) is 2.71. The number of halogens is 1. The van der Waals surface area contributed by atoms with Gasteiger partial charge in [-0.3, -0.25) is 4.79 Å². The molecule has 3 aromatic rings. The highest BCUT2D eigenvalue weighted by molar-refractivity contribution is 9.10. The lowest BCUT2D eigenvalue weighted by atomic mass is 10.1. The summed E-state index contributed by atoms with van der Waals surface area (Å²) < 4.78 is 6.35. The van der Waals surface area contributed by atoms with Crippen LogP contribution in [0.25, 0.3) is 0 Å². The number of amides is 1. The molecule has 3 aromatic carbocycles. The third kappa shape index (κ3) is 5.86. The number of hydrogen-bond donors (Lipinski definition) is 1. The number of aryl methyl sites for hydroxylation is 1. The van der Waals surface area contributed by atoms with E-state index in [1.807, 2.05) is 49.4 Å². The van der Waals surface area contributed by atoms with E-state index >= 15 is 0 Å². The van der Waals surface area contributed by atoms with Crippen molar-refractivity contribution in [3.8, 4) is 5.75 Å². The van der Waals surface area contributed by atoms with Crippen LogP contribution in [-0.2, 0) is 11.2 Å². The van der Waals surface area contributed by atoms with Gasteiger partial charge in [0.2, 0.25) is 5.91 Å². The molecule has 0 bridgehead atoms. The zero-order chi connectivity index (χ0) is 20.6. The Labute approximate surface area is 177 Å². The molecule has 0 aliphatic heterocycles. The van der Waals surface area contributed by atoms with E-state index in [1.54, 1.807) is 30.3 Å². The van der Waals surface area contributed by atoms with Gasteiger partial charge in [0.05, 0.1) is 18.2 Å². The first kappa shape index (κ1) is 20.5. The van der Waals surface area contributed by atoms with Crippen LogP contribution in [0.3, 0.4) is 0 Å². The molecule has 0 aliphatic carbocycles. The van der Waals surface area contributed by atoms with Crippen molar-refractivity contribution in [2.45, 2.75) is 13.3 Å². The Balaban J connectivity index is 1.70. The first-order chi connectivity index (χ1) is 14.0. The van der Waals surface area contributed by atoms with Crippen molar-refractivity contribution in [1.82, 2.24) is 5.43 Å². The highest BCUT2D eigenvalue weighted by atomic mass is 79.9. The first-order valence-electron chi connectivity index (χ1n) is 8.96. The van der Waals surface area contributed by atoms with Gasteiger partial charge in [0.1, 0.15) is 5.75 Å². The highest BCUT2D eigenvalue weighted by Gasteiger charge is 2.13. The van der Waals surface area contributed by atoms with E-state index in [2.05, 4.69) is 26.5 Å². The Morgan fingerprint density at radius 1 is 1.03 bits per heavy atom. The van der Waals surface area contributed by atoms with Gasteiger partial charge in [-0.25, -0.2) is 10.2 Å². The predicted octanol–water partition coefficient (Wildman–Crippen LogP) is 4.67. The molecule has 0 unspecified atom stereocenters. The van der Waals surface area contributed by atoms with Crippen LogP contribution >= 0.6 is 15.9 Å². The fraction of sp³-hybridized carbons (Fsp3) is 0.0870. The minimum atomic E-state index is -0.451. The van der Waals surface area contributed by atoms with Crippen molar-refractivity contribution >= 4 is 34.0 Å². The number of nitrogens with zero attached hydrogens (tertiary/aromatic N) is 1. The first-order valence-corrected chi connectivity index (χ1v) is 9.75. The normalized spacial score (nSPS) is 10.7. The van der Waals surface area contributed by atoms with Gasteiger partial charge in [0.25, 0.3) is 0 Å². The molecule has 0 aliphatic rings. The number of hydrazone groups is 1. The van der Waals surface area contributed by atoms with Crippen molar-refractivity contribution in [2.24, 2.45) is 5.10 Å². The number of carbonyl (C=O) groups excluding carboxylic acids is 2. The predicted molar refractivity (Wildman–Crippen MR) is 116 cm³/mol. The molecule has 3 rings (SSSR count). The fourth-order valence-corrected chi connectivity index (χ4v) is 3.04. The van der Waals surface area contributed by atoms with Crippen molar-refractivity contribution in [3.05, 3.63) is 99.5 Å². The van der Waals surface area contributed by atoms with Gasteiger partial charge in [-0.05, 0) is 42.3 Å². The summed E-state index contributed by atoms with van der Waals surface area (Å²) in [5.41, 5.74) is 5.28. The molecule has 5 nitrogen and oxygen atoms in total. The maximum Gasteiger partial charge on any atom is 0.343 e. The van der Waals surface area contributed by atoms with Crippen molar-refractivity contribution in [1.29, 1.82) is 0 Å². The summed E-state index contributed by atoms with van der Waals surface area (Å²) in [6, 6.07) is 21.8. The Bertz CT molecular complexity index is 1050. The molecule has 0 fully saturated rings. The third-order valence-electron chi connectivity index (χ3n) is 4.14. The second-order valence-electron chi connectivity index (χ2n) is 6.34. The molecule has 0 saturated heterocycles. The molecule has 0 heterocycles. The Kier molecular flexibility index (Phi) is 6.92. The van der Waals surface area contributed by atoms with Crippen LogP contribution in [0.1, 0.15) is 27.0 Å². The number of benzene rings is 3. The van der Waals surface area contributed by atoms with Gasteiger partial charge in [-0.1, -0.05) is 64.5 Å². The van der Waals surface area contributed by atoms with Crippen LogP contribution < -0.4 is 10.2 Å². The van der Waals surface area contributed by atoms with Crippen LogP contribution in [0.4, 0.5) is 0 Å². The number of nitrogens with one attached hydrogen (secondary N) is 1. The number of carbonyl (C=O) groups is 2. The minimum Gasteiger partial charge on any atom is -0.422 e.